The van der Waals surface area contributed by atoms with Crippen molar-refractivity contribution in [2.45, 2.75) is 78.0 Å². The van der Waals surface area contributed by atoms with Crippen molar-refractivity contribution in [3.63, 3.8) is 0 Å². The molecule has 0 heterocycles. The molecular weight excluding hydrogens is 398 g/mol. The minimum absolute atomic E-state index is 0.673. The van der Waals surface area contributed by atoms with Gasteiger partial charge in [-0.2, -0.15) is 0 Å². The third-order valence-electron chi connectivity index (χ3n) is 8.13. The molecule has 30 heavy (non-hydrogen) atoms. The third kappa shape index (κ3) is 3.44. The molecule has 0 saturated carbocycles. The summed E-state index contributed by atoms with van der Waals surface area (Å²) < 4.78 is 0. The molecule has 0 spiro atoms. The Labute approximate surface area is 186 Å². The van der Waals surface area contributed by atoms with Gasteiger partial charge in [-0.25, -0.2) is 0 Å². The van der Waals surface area contributed by atoms with Crippen molar-refractivity contribution < 1.29 is 0 Å². The Balaban J connectivity index is 2.65. The summed E-state index contributed by atoms with van der Waals surface area (Å²) in [6.07, 6.45) is 0. The standard InChI is InChI=1S/C28H42P2/c1-19(2)29(9,20(3)4)27-23-15-11-13-17-25(23)28(26-18-14-12-16-24(26)27)30(10,21(5)6)22(7)8/h11-22H,1-10H3/q+2. The van der Waals surface area contributed by atoms with Gasteiger partial charge >= 0.3 is 0 Å². The average Bonchev–Trinajstić information content (AvgIpc) is 2.70. The summed E-state index contributed by atoms with van der Waals surface area (Å²) in [5.74, 6) is 0. The van der Waals surface area contributed by atoms with Crippen molar-refractivity contribution >= 4 is 46.7 Å². The minimum atomic E-state index is -1.36. The highest BCUT2D eigenvalue weighted by Gasteiger charge is 2.48. The molecule has 3 rings (SSSR count). The van der Waals surface area contributed by atoms with E-state index in [-0.39, 0.29) is 0 Å². The Morgan fingerprint density at radius 3 is 0.800 bits per heavy atom. The van der Waals surface area contributed by atoms with Crippen molar-refractivity contribution in [2.75, 3.05) is 13.3 Å². The van der Waals surface area contributed by atoms with Crippen LogP contribution in [-0.4, -0.2) is 36.0 Å². The summed E-state index contributed by atoms with van der Waals surface area (Å²) in [7, 11) is -2.73. The quantitative estimate of drug-likeness (QED) is 0.268. The van der Waals surface area contributed by atoms with E-state index >= 15 is 0 Å². The second kappa shape index (κ2) is 8.52. The molecule has 0 unspecified atom stereocenters. The molecule has 0 N–H and O–H groups in total. The van der Waals surface area contributed by atoms with E-state index in [0.29, 0.717) is 22.6 Å². The van der Waals surface area contributed by atoms with Crippen LogP contribution in [-0.2, 0) is 0 Å². The summed E-state index contributed by atoms with van der Waals surface area (Å²) in [5, 5.41) is 9.44. The second-order valence-electron chi connectivity index (χ2n) is 10.5. The van der Waals surface area contributed by atoms with Gasteiger partial charge in [0.1, 0.15) is 10.6 Å². The third-order valence-corrected chi connectivity index (χ3v) is 19.6. The lowest BCUT2D eigenvalue weighted by Gasteiger charge is -2.36. The molecule has 3 aromatic rings. The van der Waals surface area contributed by atoms with E-state index in [1.807, 2.05) is 0 Å². The molecule has 0 amide bonds. The zero-order valence-corrected chi connectivity index (χ0v) is 22.6. The monoisotopic (exact) mass is 440 g/mol. The van der Waals surface area contributed by atoms with Crippen molar-refractivity contribution in [1.29, 1.82) is 0 Å². The zero-order valence-electron chi connectivity index (χ0n) is 20.8. The van der Waals surface area contributed by atoms with Crippen molar-refractivity contribution in [3.8, 4) is 0 Å². The van der Waals surface area contributed by atoms with Crippen LogP contribution in [0.25, 0.3) is 21.5 Å². The smallest absolute Gasteiger partial charge is 0.0615 e. The Kier molecular flexibility index (Phi) is 6.73. The normalized spacial score (nSPS) is 13.5. The van der Waals surface area contributed by atoms with Crippen LogP contribution in [0.4, 0.5) is 0 Å². The molecule has 0 bridgehead atoms. The molecule has 2 heteroatoms. The first-order valence-corrected chi connectivity index (χ1v) is 16.4. The molecule has 0 aliphatic heterocycles. The molecule has 0 radical (unpaired) electrons. The Hall–Kier alpha value is -0.960. The highest BCUT2D eigenvalue weighted by molar-refractivity contribution is 7.85. The van der Waals surface area contributed by atoms with E-state index in [1.54, 1.807) is 10.6 Å². The number of benzene rings is 3. The minimum Gasteiger partial charge on any atom is -0.0615 e. The molecular formula is C28H42P2+2. The highest BCUT2D eigenvalue weighted by atomic mass is 31.2. The van der Waals surface area contributed by atoms with Crippen LogP contribution in [0.15, 0.2) is 48.5 Å². The van der Waals surface area contributed by atoms with E-state index in [1.165, 1.54) is 21.5 Å². The predicted molar refractivity (Wildman–Crippen MR) is 147 cm³/mol. The van der Waals surface area contributed by atoms with E-state index in [2.05, 4.69) is 117 Å². The fraction of sp³-hybridized carbons (Fsp3) is 0.500. The first-order chi connectivity index (χ1) is 14.0. The summed E-state index contributed by atoms with van der Waals surface area (Å²) >= 11 is 0. The van der Waals surface area contributed by atoms with Crippen molar-refractivity contribution in [3.05, 3.63) is 48.5 Å². The van der Waals surface area contributed by atoms with Gasteiger partial charge in [0, 0.05) is 21.5 Å². The molecule has 0 atom stereocenters. The number of fused-ring (bicyclic) bond motifs is 2. The average molecular weight is 441 g/mol. The number of hydrogen-bond donors (Lipinski definition) is 0. The second-order valence-corrected chi connectivity index (χ2v) is 20.1. The van der Waals surface area contributed by atoms with E-state index in [4.69, 9.17) is 0 Å². The van der Waals surface area contributed by atoms with Crippen LogP contribution in [0.5, 0.6) is 0 Å². The van der Waals surface area contributed by atoms with Gasteiger partial charge in [-0.3, -0.25) is 0 Å². The number of hydrogen-bond acceptors (Lipinski definition) is 0. The topological polar surface area (TPSA) is 0 Å². The summed E-state index contributed by atoms with van der Waals surface area (Å²) in [6, 6.07) is 18.7. The van der Waals surface area contributed by atoms with Crippen LogP contribution < -0.4 is 10.6 Å². The molecule has 0 aromatic heterocycles. The Morgan fingerprint density at radius 1 is 0.433 bits per heavy atom. The first kappa shape index (κ1) is 23.7. The maximum absolute atomic E-state index is 2.61. The van der Waals surface area contributed by atoms with Gasteiger partial charge in [-0.05, 0) is 55.4 Å². The Bertz CT molecular complexity index is 886. The maximum atomic E-state index is 2.61. The zero-order chi connectivity index (χ0) is 22.4. The molecule has 162 valence electrons. The lowest BCUT2D eigenvalue weighted by atomic mass is 10.0. The van der Waals surface area contributed by atoms with Crippen molar-refractivity contribution in [2.24, 2.45) is 0 Å². The fourth-order valence-corrected chi connectivity index (χ4v) is 12.7. The van der Waals surface area contributed by atoms with Crippen LogP contribution in [0.3, 0.4) is 0 Å². The Morgan fingerprint density at radius 2 is 0.633 bits per heavy atom. The lowest BCUT2D eigenvalue weighted by molar-refractivity contribution is 0.998. The van der Waals surface area contributed by atoms with Gasteiger partial charge in [0.2, 0.25) is 0 Å². The summed E-state index contributed by atoms with van der Waals surface area (Å²) in [4.78, 5) is 0. The van der Waals surface area contributed by atoms with Gasteiger partial charge in [-0.1, -0.05) is 48.5 Å². The van der Waals surface area contributed by atoms with Gasteiger partial charge in [-0.15, -0.1) is 0 Å². The molecule has 0 aliphatic rings. The maximum Gasteiger partial charge on any atom is 0.110 e. The van der Waals surface area contributed by atoms with Crippen LogP contribution in [0, 0.1) is 0 Å². The highest BCUT2D eigenvalue weighted by Crippen LogP contribution is 2.67. The van der Waals surface area contributed by atoms with Crippen LogP contribution in [0.1, 0.15) is 55.4 Å². The first-order valence-electron chi connectivity index (χ1n) is 11.6. The van der Waals surface area contributed by atoms with Gasteiger partial charge in [0.15, 0.2) is 0 Å². The molecule has 0 aliphatic carbocycles. The predicted octanol–water partition coefficient (Wildman–Crippen LogP) is 8.17. The fourth-order valence-electron chi connectivity index (χ4n) is 5.35. The van der Waals surface area contributed by atoms with E-state index < -0.39 is 14.5 Å². The molecule has 0 nitrogen and oxygen atoms in total. The summed E-state index contributed by atoms with van der Waals surface area (Å²) in [6.45, 7) is 24.8. The van der Waals surface area contributed by atoms with Crippen LogP contribution >= 0.6 is 14.5 Å². The molecule has 3 aromatic carbocycles. The molecule has 0 saturated heterocycles. The SMILES string of the molecule is CC(C)[P+](C)(c1c2ccccc2c([P+](C)(C(C)C)C(C)C)c2ccccc12)C(C)C. The van der Waals surface area contributed by atoms with E-state index in [0.717, 1.165) is 0 Å². The van der Waals surface area contributed by atoms with Gasteiger partial charge in [0.05, 0.1) is 50.5 Å². The number of rotatable bonds is 6. The van der Waals surface area contributed by atoms with Crippen molar-refractivity contribution in [1.82, 2.24) is 0 Å². The van der Waals surface area contributed by atoms with E-state index in [9.17, 15) is 0 Å². The summed E-state index contributed by atoms with van der Waals surface area (Å²) in [5.41, 5.74) is 2.69. The van der Waals surface area contributed by atoms with Gasteiger partial charge in [0.25, 0.3) is 0 Å². The van der Waals surface area contributed by atoms with Crippen LogP contribution in [0.2, 0.25) is 0 Å². The van der Waals surface area contributed by atoms with Gasteiger partial charge < -0.3 is 0 Å². The molecule has 0 fully saturated rings. The lowest BCUT2D eigenvalue weighted by Crippen LogP contribution is -2.31. The largest absolute Gasteiger partial charge is 0.110 e.